The molecule has 0 N–H and O–H groups in total. The Balaban J connectivity index is 2.21. The van der Waals surface area contributed by atoms with Gasteiger partial charge >= 0.3 is 0 Å². The molecule has 0 aromatic heterocycles. The van der Waals surface area contributed by atoms with Crippen molar-refractivity contribution in [2.45, 2.75) is 51.3 Å². The normalized spacial score (nSPS) is 37.7. The monoisotopic (exact) mass is 205 g/mol. The molecule has 0 nitrogen and oxygen atoms in total. The summed E-state index contributed by atoms with van der Waals surface area (Å²) >= 11 is 0. The molecular weight excluding hydrogens is 180 g/mol. The molecule has 1 fully saturated rings. The molecule has 0 heterocycles. The van der Waals surface area contributed by atoms with Crippen molar-refractivity contribution in [3.63, 3.8) is 0 Å². The van der Waals surface area contributed by atoms with Gasteiger partial charge in [0, 0.05) is 4.11 Å². The van der Waals surface area contributed by atoms with Gasteiger partial charge in [-0.2, -0.15) is 0 Å². The Morgan fingerprint density at radius 1 is 1.27 bits per heavy atom. The summed E-state index contributed by atoms with van der Waals surface area (Å²) in [6.07, 6.45) is 2.03. The first-order valence-corrected chi connectivity index (χ1v) is 6.02. The van der Waals surface area contributed by atoms with E-state index in [1.54, 1.807) is 0 Å². The zero-order valence-corrected chi connectivity index (χ0v) is 9.45. The topological polar surface area (TPSA) is 0 Å². The molecule has 1 aliphatic rings. The molecule has 0 amide bonds. The van der Waals surface area contributed by atoms with Crippen molar-refractivity contribution in [2.24, 2.45) is 5.92 Å². The van der Waals surface area contributed by atoms with Crippen LogP contribution in [-0.4, -0.2) is 0 Å². The fourth-order valence-electron chi connectivity index (χ4n) is 2.33. The summed E-state index contributed by atoms with van der Waals surface area (Å²) in [5.74, 6) is 0.110. The van der Waals surface area contributed by atoms with Gasteiger partial charge < -0.3 is 0 Å². The average Bonchev–Trinajstić information content (AvgIpc) is 2.28. The number of benzene rings is 1. The molecule has 0 aliphatic heterocycles. The minimum Gasteiger partial charge on any atom is -0.0654 e. The highest BCUT2D eigenvalue weighted by molar-refractivity contribution is 5.19. The smallest absolute Gasteiger partial charge is 0.0273 e. The summed E-state index contributed by atoms with van der Waals surface area (Å²) < 4.78 is 24.9. The number of rotatable bonds is 3. The fourth-order valence-corrected chi connectivity index (χ4v) is 2.33. The van der Waals surface area contributed by atoms with Gasteiger partial charge in [-0.3, -0.25) is 0 Å². The van der Waals surface area contributed by atoms with Gasteiger partial charge in [-0.1, -0.05) is 50.1 Å². The van der Waals surface area contributed by atoms with Crippen LogP contribution in [0.3, 0.4) is 0 Å². The molecule has 1 aliphatic carbocycles. The third-order valence-electron chi connectivity index (χ3n) is 3.19. The molecule has 0 spiro atoms. The Morgan fingerprint density at radius 3 is 2.73 bits per heavy atom. The van der Waals surface area contributed by atoms with Gasteiger partial charge in [0.15, 0.2) is 0 Å². The van der Waals surface area contributed by atoms with Gasteiger partial charge in [-0.25, -0.2) is 0 Å². The van der Waals surface area contributed by atoms with Crippen LogP contribution in [0.5, 0.6) is 0 Å². The maximum absolute atomic E-state index is 8.31. The molecule has 1 saturated carbocycles. The summed E-state index contributed by atoms with van der Waals surface area (Å²) in [5, 5.41) is 0. The summed E-state index contributed by atoms with van der Waals surface area (Å²) in [6, 6.07) is 9.75. The highest BCUT2D eigenvalue weighted by Gasteiger charge is 2.21. The lowest BCUT2D eigenvalue weighted by atomic mass is 9.77. The lowest BCUT2D eigenvalue weighted by molar-refractivity contribution is 0.308. The van der Waals surface area contributed by atoms with E-state index in [2.05, 4.69) is 6.92 Å². The SMILES string of the molecule is [2H]C1C[C@H](CCC)CC([2H])([2H])[C@H]1c1ccccc1. The third kappa shape index (κ3) is 2.84. The second-order valence-corrected chi connectivity index (χ2v) is 4.42. The third-order valence-corrected chi connectivity index (χ3v) is 3.19. The minimum atomic E-state index is -1.24. The second kappa shape index (κ2) is 5.34. The van der Waals surface area contributed by atoms with Gasteiger partial charge in [-0.15, -0.1) is 0 Å². The summed E-state index contributed by atoms with van der Waals surface area (Å²) in [5.41, 5.74) is 0.984. The van der Waals surface area contributed by atoms with Gasteiger partial charge in [-0.05, 0) is 43.0 Å². The number of hydrogen-bond acceptors (Lipinski definition) is 0. The Kier molecular flexibility index (Phi) is 2.67. The van der Waals surface area contributed by atoms with Crippen molar-refractivity contribution < 1.29 is 4.11 Å². The second-order valence-electron chi connectivity index (χ2n) is 4.42. The van der Waals surface area contributed by atoms with E-state index < -0.39 is 6.37 Å². The Hall–Kier alpha value is -0.780. The first-order chi connectivity index (χ1) is 8.54. The molecule has 82 valence electrons. The molecule has 1 aromatic carbocycles. The molecular formula is C15H22. The Morgan fingerprint density at radius 2 is 2.07 bits per heavy atom. The van der Waals surface area contributed by atoms with Crippen molar-refractivity contribution in [1.82, 2.24) is 0 Å². The minimum absolute atomic E-state index is 0.271. The van der Waals surface area contributed by atoms with Crippen LogP contribution in [0.2, 0.25) is 0 Å². The lowest BCUT2D eigenvalue weighted by Gasteiger charge is -2.28. The molecule has 0 saturated heterocycles. The van der Waals surface area contributed by atoms with E-state index in [0.29, 0.717) is 12.3 Å². The van der Waals surface area contributed by atoms with Gasteiger partial charge in [0.05, 0.1) is 0 Å². The standard InChI is InChI=1S/C15H22/c1-2-6-13-9-11-15(12-10-13)14-7-4-3-5-8-14/h3-5,7-8,13,15H,2,6,9-12H2,1H3/t13-,15-/i11D,12D2/t11?,13-,15-/m0/s1. The van der Waals surface area contributed by atoms with E-state index in [0.717, 1.165) is 24.8 Å². The first-order valence-electron chi connectivity index (χ1n) is 7.59. The van der Waals surface area contributed by atoms with E-state index in [1.165, 1.54) is 0 Å². The van der Waals surface area contributed by atoms with E-state index >= 15 is 0 Å². The van der Waals surface area contributed by atoms with E-state index in [9.17, 15) is 0 Å². The summed E-state index contributed by atoms with van der Waals surface area (Å²) in [6.45, 7) is 2.14. The van der Waals surface area contributed by atoms with Crippen LogP contribution in [0.4, 0.5) is 0 Å². The molecule has 15 heavy (non-hydrogen) atoms. The fraction of sp³-hybridized carbons (Fsp3) is 0.600. The molecule has 3 atom stereocenters. The average molecular weight is 205 g/mol. The van der Waals surface area contributed by atoms with Crippen molar-refractivity contribution in [3.8, 4) is 0 Å². The molecule has 2 rings (SSSR count). The Labute approximate surface area is 97.9 Å². The van der Waals surface area contributed by atoms with Gasteiger partial charge in [0.2, 0.25) is 0 Å². The largest absolute Gasteiger partial charge is 0.0654 e. The zero-order valence-electron chi connectivity index (χ0n) is 12.4. The van der Waals surface area contributed by atoms with Crippen LogP contribution in [0.1, 0.15) is 61.0 Å². The van der Waals surface area contributed by atoms with Crippen LogP contribution in [0.15, 0.2) is 30.3 Å². The predicted molar refractivity (Wildman–Crippen MR) is 66.0 cm³/mol. The van der Waals surface area contributed by atoms with Crippen LogP contribution < -0.4 is 0 Å². The van der Waals surface area contributed by atoms with Crippen LogP contribution in [-0.2, 0) is 0 Å². The van der Waals surface area contributed by atoms with Gasteiger partial charge in [0.25, 0.3) is 0 Å². The number of hydrogen-bond donors (Lipinski definition) is 0. The van der Waals surface area contributed by atoms with E-state index in [4.69, 9.17) is 4.11 Å². The predicted octanol–water partition coefficient (Wildman–Crippen LogP) is 4.76. The molecule has 1 unspecified atom stereocenters. The molecule has 0 heteroatoms. The highest BCUT2D eigenvalue weighted by atomic mass is 14.3. The summed E-state index contributed by atoms with van der Waals surface area (Å²) in [4.78, 5) is 0. The van der Waals surface area contributed by atoms with Crippen LogP contribution in [0, 0.1) is 5.92 Å². The van der Waals surface area contributed by atoms with Gasteiger partial charge in [0.1, 0.15) is 0 Å². The van der Waals surface area contributed by atoms with E-state index in [1.807, 2.05) is 30.3 Å². The van der Waals surface area contributed by atoms with Crippen LogP contribution in [0.25, 0.3) is 0 Å². The highest BCUT2D eigenvalue weighted by Crippen LogP contribution is 2.37. The quantitative estimate of drug-likeness (QED) is 0.667. The molecule has 1 aromatic rings. The van der Waals surface area contributed by atoms with Crippen LogP contribution >= 0.6 is 0 Å². The Bertz CT molecular complexity index is 375. The maximum atomic E-state index is 8.31. The molecule has 0 bridgehead atoms. The van der Waals surface area contributed by atoms with Crippen molar-refractivity contribution in [3.05, 3.63) is 35.9 Å². The van der Waals surface area contributed by atoms with Crippen molar-refractivity contribution >= 4 is 0 Å². The lowest BCUT2D eigenvalue weighted by Crippen LogP contribution is -2.13. The van der Waals surface area contributed by atoms with Crippen molar-refractivity contribution in [2.75, 3.05) is 0 Å². The van der Waals surface area contributed by atoms with Crippen molar-refractivity contribution in [1.29, 1.82) is 0 Å². The maximum Gasteiger partial charge on any atom is 0.0273 e. The first kappa shape index (κ1) is 7.49. The molecule has 0 radical (unpaired) electrons. The summed E-state index contributed by atoms with van der Waals surface area (Å²) in [7, 11) is 0. The van der Waals surface area contributed by atoms with E-state index in [-0.39, 0.29) is 12.3 Å². The zero-order chi connectivity index (χ0) is 13.2.